The van der Waals surface area contributed by atoms with E-state index in [0.717, 1.165) is 16.5 Å². The van der Waals surface area contributed by atoms with Gasteiger partial charge in [-0.25, -0.2) is 4.98 Å². The average molecular weight is 489 g/mol. The molecular weight excluding hydrogens is 464 g/mol. The lowest BCUT2D eigenvalue weighted by atomic mass is 10.1. The summed E-state index contributed by atoms with van der Waals surface area (Å²) >= 11 is 0. The van der Waals surface area contributed by atoms with Crippen molar-refractivity contribution < 1.29 is 18.8 Å². The van der Waals surface area contributed by atoms with Gasteiger partial charge in [0.15, 0.2) is 5.82 Å². The number of aryl methyl sites for hydroxylation is 2. The zero-order valence-electron chi connectivity index (χ0n) is 20.2. The maximum absolute atomic E-state index is 13.6. The molecule has 0 spiro atoms. The molecule has 0 saturated heterocycles. The smallest absolute Gasteiger partial charge is 0.278 e. The quantitative estimate of drug-likeness (QED) is 0.370. The topological polar surface area (TPSA) is 126 Å². The van der Waals surface area contributed by atoms with Gasteiger partial charge in [-0.3, -0.25) is 14.2 Å². The van der Waals surface area contributed by atoms with E-state index in [1.54, 1.807) is 29.7 Å². The third-order valence-electron chi connectivity index (χ3n) is 5.79. The van der Waals surface area contributed by atoms with E-state index in [1.165, 1.54) is 25.1 Å². The van der Waals surface area contributed by atoms with E-state index in [4.69, 9.17) is 14.0 Å². The van der Waals surface area contributed by atoms with Crippen molar-refractivity contribution in [1.29, 1.82) is 0 Å². The number of hydrogen-bond donors (Lipinski definition) is 1. The predicted octanol–water partition coefficient (Wildman–Crippen LogP) is 3.06. The second-order valence-corrected chi connectivity index (χ2v) is 8.37. The molecule has 1 N–H and O–H groups in total. The van der Waals surface area contributed by atoms with Crippen LogP contribution in [0.3, 0.4) is 0 Å². The molecule has 36 heavy (non-hydrogen) atoms. The van der Waals surface area contributed by atoms with Gasteiger partial charge < -0.3 is 23.9 Å². The van der Waals surface area contributed by atoms with Gasteiger partial charge in [0.1, 0.15) is 35.6 Å². The lowest BCUT2D eigenvalue weighted by Gasteiger charge is -2.11. The van der Waals surface area contributed by atoms with Crippen LogP contribution < -0.4 is 20.3 Å². The second-order valence-electron chi connectivity index (χ2n) is 8.37. The van der Waals surface area contributed by atoms with Gasteiger partial charge in [-0.2, -0.15) is 4.98 Å². The maximum Gasteiger partial charge on any atom is 0.278 e. The molecule has 0 aliphatic heterocycles. The number of methoxy groups -OCH3 is 2. The Kier molecular flexibility index (Phi) is 5.88. The molecule has 2 aromatic carbocycles. The predicted molar refractivity (Wildman–Crippen MR) is 133 cm³/mol. The summed E-state index contributed by atoms with van der Waals surface area (Å²) < 4.78 is 18.8. The molecule has 184 valence electrons. The molecule has 0 unspecified atom stereocenters. The Morgan fingerprint density at radius 3 is 2.50 bits per heavy atom. The highest BCUT2D eigenvalue weighted by molar-refractivity contribution is 6.06. The number of ether oxygens (including phenoxy) is 2. The first-order valence-corrected chi connectivity index (χ1v) is 11.2. The number of aromatic nitrogens is 5. The summed E-state index contributed by atoms with van der Waals surface area (Å²) in [6.07, 6.45) is 1.46. The molecule has 3 heterocycles. The summed E-state index contributed by atoms with van der Waals surface area (Å²) in [6, 6.07) is 10.9. The normalized spacial score (nSPS) is 11.2. The molecule has 0 aliphatic rings. The standard InChI is InChI=1S/C25H24N6O5/c1-14-5-6-20-19(7-14)23-24(25(33)30(13-26-23)12-22-27-15(2)29-36-22)31(20)11-21(32)28-16-8-17(34-3)10-18(9-16)35-4/h5-10,13H,11-12H2,1-4H3,(H,28,32). The largest absolute Gasteiger partial charge is 0.497 e. The molecule has 0 radical (unpaired) electrons. The summed E-state index contributed by atoms with van der Waals surface area (Å²) in [5, 5.41) is 7.43. The monoisotopic (exact) mass is 488 g/mol. The van der Waals surface area contributed by atoms with Crippen molar-refractivity contribution in [3.63, 3.8) is 0 Å². The Labute approximate surface area is 205 Å². The number of rotatable bonds is 7. The van der Waals surface area contributed by atoms with Crippen molar-refractivity contribution in [3.8, 4) is 11.5 Å². The summed E-state index contributed by atoms with van der Waals surface area (Å²) in [5.41, 5.74) is 2.77. The highest BCUT2D eigenvalue weighted by Gasteiger charge is 2.20. The number of fused-ring (bicyclic) bond motifs is 3. The number of nitrogens with zero attached hydrogens (tertiary/aromatic N) is 5. The number of amides is 1. The van der Waals surface area contributed by atoms with Crippen LogP contribution in [-0.4, -0.2) is 44.4 Å². The van der Waals surface area contributed by atoms with Crippen LogP contribution in [0.2, 0.25) is 0 Å². The molecule has 0 saturated carbocycles. The third kappa shape index (κ3) is 4.26. The minimum absolute atomic E-state index is 0.0684. The molecule has 0 fully saturated rings. The van der Waals surface area contributed by atoms with Crippen molar-refractivity contribution in [2.24, 2.45) is 0 Å². The molecule has 5 rings (SSSR count). The van der Waals surface area contributed by atoms with Crippen LogP contribution >= 0.6 is 0 Å². The first kappa shape index (κ1) is 23.1. The van der Waals surface area contributed by atoms with E-state index in [1.807, 2.05) is 25.1 Å². The van der Waals surface area contributed by atoms with E-state index in [2.05, 4.69) is 20.4 Å². The van der Waals surface area contributed by atoms with Crippen LogP contribution in [0.5, 0.6) is 11.5 Å². The number of carbonyl (C=O) groups excluding carboxylic acids is 1. The summed E-state index contributed by atoms with van der Waals surface area (Å²) in [7, 11) is 3.07. The molecule has 11 heteroatoms. The Hall–Kier alpha value is -4.67. The summed E-state index contributed by atoms with van der Waals surface area (Å²) in [5.74, 6) is 1.52. The van der Waals surface area contributed by atoms with E-state index < -0.39 is 0 Å². The third-order valence-corrected chi connectivity index (χ3v) is 5.79. The molecule has 0 atom stereocenters. The zero-order valence-corrected chi connectivity index (χ0v) is 20.2. The fourth-order valence-corrected chi connectivity index (χ4v) is 4.16. The minimum Gasteiger partial charge on any atom is -0.497 e. The van der Waals surface area contributed by atoms with Crippen molar-refractivity contribution in [1.82, 2.24) is 24.3 Å². The van der Waals surface area contributed by atoms with Crippen molar-refractivity contribution in [2.75, 3.05) is 19.5 Å². The van der Waals surface area contributed by atoms with Gasteiger partial charge in [0, 0.05) is 29.3 Å². The molecule has 0 aliphatic carbocycles. The van der Waals surface area contributed by atoms with Gasteiger partial charge in [-0.1, -0.05) is 16.8 Å². The van der Waals surface area contributed by atoms with Crippen LogP contribution in [-0.2, 0) is 17.9 Å². The van der Waals surface area contributed by atoms with Crippen molar-refractivity contribution in [2.45, 2.75) is 26.9 Å². The first-order valence-electron chi connectivity index (χ1n) is 11.2. The van der Waals surface area contributed by atoms with Crippen LogP contribution in [0.15, 0.2) is 52.0 Å². The van der Waals surface area contributed by atoms with Crippen LogP contribution in [0, 0.1) is 13.8 Å². The van der Waals surface area contributed by atoms with Gasteiger partial charge in [-0.05, 0) is 26.0 Å². The fraction of sp³-hybridized carbons (Fsp3) is 0.240. The number of nitrogens with one attached hydrogen (secondary N) is 1. The second kappa shape index (κ2) is 9.17. The van der Waals surface area contributed by atoms with Gasteiger partial charge in [0.05, 0.1) is 26.1 Å². The number of hydrogen-bond acceptors (Lipinski definition) is 8. The van der Waals surface area contributed by atoms with E-state index in [9.17, 15) is 9.59 Å². The molecule has 11 nitrogen and oxygen atoms in total. The average Bonchev–Trinajstić information content (AvgIpc) is 3.41. The van der Waals surface area contributed by atoms with E-state index >= 15 is 0 Å². The summed E-state index contributed by atoms with van der Waals surface area (Å²) in [4.78, 5) is 35.4. The van der Waals surface area contributed by atoms with Crippen LogP contribution in [0.25, 0.3) is 21.9 Å². The Bertz CT molecular complexity index is 1640. The number of benzene rings is 2. The van der Waals surface area contributed by atoms with Crippen molar-refractivity contribution >= 4 is 33.5 Å². The zero-order chi connectivity index (χ0) is 25.4. The lowest BCUT2D eigenvalue weighted by Crippen LogP contribution is -2.25. The molecular formula is C25H24N6O5. The Morgan fingerprint density at radius 1 is 1.08 bits per heavy atom. The fourth-order valence-electron chi connectivity index (χ4n) is 4.16. The van der Waals surface area contributed by atoms with Gasteiger partial charge >= 0.3 is 0 Å². The molecule has 5 aromatic rings. The SMILES string of the molecule is COc1cc(NC(=O)Cn2c3ccc(C)cc3c3ncn(Cc4nc(C)no4)c(=O)c32)cc(OC)c1. The summed E-state index contributed by atoms with van der Waals surface area (Å²) in [6.45, 7) is 3.63. The van der Waals surface area contributed by atoms with Crippen molar-refractivity contribution in [3.05, 3.63) is 70.4 Å². The Morgan fingerprint density at radius 2 is 1.83 bits per heavy atom. The molecule has 1 amide bonds. The van der Waals surface area contributed by atoms with Gasteiger partial charge in [0.2, 0.25) is 11.8 Å². The number of carbonyl (C=O) groups is 1. The van der Waals surface area contributed by atoms with Gasteiger partial charge in [0.25, 0.3) is 5.56 Å². The highest BCUT2D eigenvalue weighted by Crippen LogP contribution is 2.28. The van der Waals surface area contributed by atoms with Crippen LogP contribution in [0.4, 0.5) is 5.69 Å². The maximum atomic E-state index is 13.6. The lowest BCUT2D eigenvalue weighted by molar-refractivity contribution is -0.116. The molecule has 0 bridgehead atoms. The minimum atomic E-state index is -0.327. The Balaban J connectivity index is 1.57. The number of anilines is 1. The first-order chi connectivity index (χ1) is 17.4. The van der Waals surface area contributed by atoms with E-state index in [0.29, 0.717) is 39.9 Å². The highest BCUT2D eigenvalue weighted by atomic mass is 16.5. The van der Waals surface area contributed by atoms with Crippen LogP contribution in [0.1, 0.15) is 17.3 Å². The molecule has 3 aromatic heterocycles. The van der Waals surface area contributed by atoms with E-state index in [-0.39, 0.29) is 24.6 Å². The van der Waals surface area contributed by atoms with Gasteiger partial charge in [-0.15, -0.1) is 0 Å².